The maximum Gasteiger partial charge on any atom is 0.245 e. The van der Waals surface area contributed by atoms with E-state index < -0.39 is 5.38 Å². The van der Waals surface area contributed by atoms with E-state index in [-0.39, 0.29) is 11.8 Å². The highest BCUT2D eigenvalue weighted by Crippen LogP contribution is 2.23. The van der Waals surface area contributed by atoms with Crippen molar-refractivity contribution in [2.24, 2.45) is 0 Å². The van der Waals surface area contributed by atoms with Gasteiger partial charge in [-0.1, -0.05) is 30.3 Å². The Morgan fingerprint density at radius 2 is 1.58 bits per heavy atom. The fourth-order valence-electron chi connectivity index (χ4n) is 2.17. The maximum absolute atomic E-state index is 12.3. The van der Waals surface area contributed by atoms with Gasteiger partial charge in [-0.05, 0) is 5.56 Å². The number of carbonyl (C=O) groups excluding carboxylic acids is 2. The van der Waals surface area contributed by atoms with E-state index in [9.17, 15) is 9.59 Å². The van der Waals surface area contributed by atoms with Gasteiger partial charge in [-0.15, -0.1) is 11.6 Å². The molecule has 1 heterocycles. The number of piperazine rings is 1. The summed E-state index contributed by atoms with van der Waals surface area (Å²) in [5, 5.41) is -0.648. The lowest BCUT2D eigenvalue weighted by Crippen LogP contribution is -2.50. The van der Waals surface area contributed by atoms with Gasteiger partial charge in [0.2, 0.25) is 11.8 Å². The number of benzene rings is 1. The molecule has 0 aliphatic carbocycles. The molecule has 1 aromatic rings. The second kappa shape index (κ2) is 6.06. The van der Waals surface area contributed by atoms with Gasteiger partial charge in [-0.2, -0.15) is 0 Å². The highest BCUT2D eigenvalue weighted by atomic mass is 35.5. The number of hydrogen-bond donors (Lipinski definition) is 0. The van der Waals surface area contributed by atoms with Crippen LogP contribution in [0.25, 0.3) is 0 Å². The molecule has 19 heavy (non-hydrogen) atoms. The van der Waals surface area contributed by atoms with Crippen molar-refractivity contribution in [3.8, 4) is 0 Å². The summed E-state index contributed by atoms with van der Waals surface area (Å²) >= 11 is 6.22. The second-order valence-corrected chi connectivity index (χ2v) is 5.04. The molecule has 2 rings (SSSR count). The maximum atomic E-state index is 12.3. The van der Waals surface area contributed by atoms with Gasteiger partial charge in [-0.3, -0.25) is 9.59 Å². The smallest absolute Gasteiger partial charge is 0.245 e. The van der Waals surface area contributed by atoms with Crippen LogP contribution in [0.1, 0.15) is 17.9 Å². The monoisotopic (exact) mass is 280 g/mol. The Bertz CT molecular complexity index is 456. The Morgan fingerprint density at radius 3 is 2.11 bits per heavy atom. The molecule has 102 valence electrons. The molecule has 0 N–H and O–H groups in total. The molecule has 0 saturated carbocycles. The van der Waals surface area contributed by atoms with Gasteiger partial charge in [0, 0.05) is 33.1 Å². The van der Waals surface area contributed by atoms with Crippen LogP contribution in [0.3, 0.4) is 0 Å². The molecular weight excluding hydrogens is 264 g/mol. The number of rotatable bonds is 2. The van der Waals surface area contributed by atoms with Crippen molar-refractivity contribution in [1.29, 1.82) is 0 Å². The van der Waals surface area contributed by atoms with Crippen molar-refractivity contribution in [3.05, 3.63) is 35.9 Å². The van der Waals surface area contributed by atoms with E-state index in [4.69, 9.17) is 11.6 Å². The number of hydrogen-bond acceptors (Lipinski definition) is 2. The summed E-state index contributed by atoms with van der Waals surface area (Å²) in [5.74, 6) is -0.0337. The van der Waals surface area contributed by atoms with E-state index in [1.54, 1.807) is 16.7 Å². The number of halogens is 1. The summed E-state index contributed by atoms with van der Waals surface area (Å²) in [5.41, 5.74) is 0.808. The van der Waals surface area contributed by atoms with Gasteiger partial charge in [0.15, 0.2) is 0 Å². The largest absolute Gasteiger partial charge is 0.339 e. The summed E-state index contributed by atoms with van der Waals surface area (Å²) in [6.07, 6.45) is 0. The van der Waals surface area contributed by atoms with Gasteiger partial charge >= 0.3 is 0 Å². The summed E-state index contributed by atoms with van der Waals surface area (Å²) < 4.78 is 0. The average molecular weight is 281 g/mol. The Morgan fingerprint density at radius 1 is 1.05 bits per heavy atom. The van der Waals surface area contributed by atoms with Crippen molar-refractivity contribution < 1.29 is 9.59 Å². The lowest BCUT2D eigenvalue weighted by molar-refractivity contribution is -0.138. The van der Waals surface area contributed by atoms with E-state index in [2.05, 4.69) is 0 Å². The third kappa shape index (κ3) is 3.26. The summed E-state index contributed by atoms with van der Waals surface area (Å²) in [4.78, 5) is 27.0. The van der Waals surface area contributed by atoms with Crippen molar-refractivity contribution in [2.75, 3.05) is 26.2 Å². The first-order valence-corrected chi connectivity index (χ1v) is 6.76. The molecule has 4 nitrogen and oxygen atoms in total. The molecule has 0 bridgehead atoms. The summed E-state index contributed by atoms with van der Waals surface area (Å²) in [6, 6.07) is 9.32. The van der Waals surface area contributed by atoms with E-state index in [0.29, 0.717) is 26.2 Å². The Kier molecular flexibility index (Phi) is 4.43. The van der Waals surface area contributed by atoms with Crippen LogP contribution in [0.15, 0.2) is 30.3 Å². The van der Waals surface area contributed by atoms with E-state index in [1.807, 2.05) is 30.3 Å². The lowest BCUT2D eigenvalue weighted by atomic mass is 10.1. The SMILES string of the molecule is CC(=O)N1CCN(C(=O)C(Cl)c2ccccc2)CC1. The van der Waals surface area contributed by atoms with Crippen LogP contribution in [0, 0.1) is 0 Å². The van der Waals surface area contributed by atoms with Gasteiger partial charge < -0.3 is 9.80 Å². The van der Waals surface area contributed by atoms with Crippen molar-refractivity contribution in [1.82, 2.24) is 9.80 Å². The number of alkyl halides is 1. The highest BCUT2D eigenvalue weighted by Gasteiger charge is 2.27. The third-order valence-corrected chi connectivity index (χ3v) is 3.78. The van der Waals surface area contributed by atoms with Crippen LogP contribution in [-0.4, -0.2) is 47.8 Å². The van der Waals surface area contributed by atoms with E-state index in [1.165, 1.54) is 0 Å². The third-order valence-electron chi connectivity index (χ3n) is 3.35. The van der Waals surface area contributed by atoms with Crippen LogP contribution in [0.5, 0.6) is 0 Å². The standard InChI is InChI=1S/C14H17ClN2O2/c1-11(18)16-7-9-17(10-8-16)14(19)13(15)12-5-3-2-4-6-12/h2-6,13H,7-10H2,1H3. The van der Waals surface area contributed by atoms with Gasteiger partial charge in [-0.25, -0.2) is 0 Å². The van der Waals surface area contributed by atoms with Gasteiger partial charge in [0.25, 0.3) is 0 Å². The molecule has 1 saturated heterocycles. The van der Waals surface area contributed by atoms with Crippen molar-refractivity contribution in [3.63, 3.8) is 0 Å². The Hall–Kier alpha value is -1.55. The number of nitrogens with zero attached hydrogens (tertiary/aromatic N) is 2. The molecule has 1 unspecified atom stereocenters. The highest BCUT2D eigenvalue weighted by molar-refractivity contribution is 6.30. The van der Waals surface area contributed by atoms with Crippen LogP contribution < -0.4 is 0 Å². The van der Waals surface area contributed by atoms with Crippen molar-refractivity contribution >= 4 is 23.4 Å². The quantitative estimate of drug-likeness (QED) is 0.773. The second-order valence-electron chi connectivity index (χ2n) is 4.60. The van der Waals surface area contributed by atoms with E-state index >= 15 is 0 Å². The Labute approximate surface area is 117 Å². The first kappa shape index (κ1) is 13.9. The zero-order valence-electron chi connectivity index (χ0n) is 10.9. The number of carbonyl (C=O) groups is 2. The Balaban J connectivity index is 1.96. The van der Waals surface area contributed by atoms with E-state index in [0.717, 1.165) is 5.56 Å². The van der Waals surface area contributed by atoms with Crippen LogP contribution >= 0.6 is 11.6 Å². The summed E-state index contributed by atoms with van der Waals surface area (Å²) in [7, 11) is 0. The number of amides is 2. The molecule has 1 aromatic carbocycles. The zero-order valence-corrected chi connectivity index (χ0v) is 11.6. The first-order chi connectivity index (χ1) is 9.09. The predicted octanol–water partition coefficient (Wildman–Crippen LogP) is 1.66. The summed E-state index contributed by atoms with van der Waals surface area (Å²) in [6.45, 7) is 3.81. The zero-order chi connectivity index (χ0) is 13.8. The van der Waals surface area contributed by atoms with Crippen LogP contribution in [0.4, 0.5) is 0 Å². The first-order valence-electron chi connectivity index (χ1n) is 6.33. The molecule has 2 amide bonds. The predicted molar refractivity (Wildman–Crippen MR) is 73.9 cm³/mol. The minimum Gasteiger partial charge on any atom is -0.339 e. The van der Waals surface area contributed by atoms with Gasteiger partial charge in [0.05, 0.1) is 0 Å². The fraction of sp³-hybridized carbons (Fsp3) is 0.429. The van der Waals surface area contributed by atoms with Crippen molar-refractivity contribution in [2.45, 2.75) is 12.3 Å². The van der Waals surface area contributed by atoms with Gasteiger partial charge in [0.1, 0.15) is 5.38 Å². The molecule has 1 aliphatic heterocycles. The average Bonchev–Trinajstić information content (AvgIpc) is 2.46. The molecule has 1 fully saturated rings. The van der Waals surface area contributed by atoms with Crippen LogP contribution in [-0.2, 0) is 9.59 Å². The molecule has 0 aromatic heterocycles. The molecule has 1 aliphatic rings. The molecule has 0 radical (unpaired) electrons. The van der Waals surface area contributed by atoms with Crippen LogP contribution in [0.2, 0.25) is 0 Å². The fourth-order valence-corrected chi connectivity index (χ4v) is 2.45. The minimum absolute atomic E-state index is 0.0533. The molecule has 1 atom stereocenters. The lowest BCUT2D eigenvalue weighted by Gasteiger charge is -2.35. The normalized spacial score (nSPS) is 17.2. The molecule has 5 heteroatoms. The molecule has 0 spiro atoms. The topological polar surface area (TPSA) is 40.6 Å². The molecular formula is C14H17ClN2O2. The minimum atomic E-state index is -0.648.